The molecule has 3 aromatic rings. The number of anilines is 1. The molecule has 1 aromatic heterocycles. The maximum Gasteiger partial charge on any atom is 0.338 e. The third-order valence-electron chi connectivity index (χ3n) is 5.44. The average Bonchev–Trinajstić information content (AvgIpc) is 3.24. The zero-order valence-electron chi connectivity index (χ0n) is 19.7. The molecule has 0 fully saturated rings. The van der Waals surface area contributed by atoms with Gasteiger partial charge in [0.1, 0.15) is 0 Å². The van der Waals surface area contributed by atoms with E-state index < -0.39 is 5.97 Å². The van der Waals surface area contributed by atoms with Gasteiger partial charge in [0.15, 0.2) is 5.16 Å². The predicted octanol–water partition coefficient (Wildman–Crippen LogP) is 4.43. The Bertz CT molecular complexity index is 1260. The van der Waals surface area contributed by atoms with Crippen molar-refractivity contribution in [1.82, 2.24) is 9.55 Å². The van der Waals surface area contributed by atoms with Gasteiger partial charge < -0.3 is 10.1 Å². The lowest BCUT2D eigenvalue weighted by Crippen LogP contribution is -2.27. The summed E-state index contributed by atoms with van der Waals surface area (Å²) in [5.41, 5.74) is 2.94. The number of nitrogens with zero attached hydrogens (tertiary/aromatic N) is 2. The fourth-order valence-corrected chi connectivity index (χ4v) is 5.71. The smallest absolute Gasteiger partial charge is 0.338 e. The largest absolute Gasteiger partial charge is 0.462 e. The number of amides is 1. The van der Waals surface area contributed by atoms with Crippen molar-refractivity contribution >= 4 is 41.1 Å². The van der Waals surface area contributed by atoms with E-state index in [1.54, 1.807) is 47.5 Å². The molecule has 9 heteroatoms. The lowest BCUT2D eigenvalue weighted by Gasteiger charge is -2.14. The van der Waals surface area contributed by atoms with Crippen LogP contribution in [0.3, 0.4) is 0 Å². The summed E-state index contributed by atoms with van der Waals surface area (Å²) in [6.45, 7) is 4.64. The highest BCUT2D eigenvalue weighted by atomic mass is 32.2. The van der Waals surface area contributed by atoms with E-state index in [0.717, 1.165) is 22.6 Å². The van der Waals surface area contributed by atoms with Gasteiger partial charge in [-0.3, -0.25) is 14.2 Å². The van der Waals surface area contributed by atoms with Gasteiger partial charge in [0.05, 0.1) is 28.5 Å². The van der Waals surface area contributed by atoms with Crippen molar-refractivity contribution in [3.63, 3.8) is 0 Å². The monoisotopic (exact) mass is 509 g/mol. The Morgan fingerprint density at radius 2 is 1.91 bits per heavy atom. The summed E-state index contributed by atoms with van der Waals surface area (Å²) in [6.07, 6.45) is 1.45. The number of benzene rings is 2. The standard InChI is InChI=1S/C26H27N3O4S2/c1-3-33-25(32)19-9-11-20(12-10-19)27-22(30)16-34-26-28-21-15-17(2)35-23(21)24(31)29(26)14-13-18-7-5-4-6-8-18/h4-12,17H,3,13-16H2,1-2H3,(H,27,30)/t17-/m1/s1. The van der Waals surface area contributed by atoms with E-state index in [4.69, 9.17) is 9.72 Å². The summed E-state index contributed by atoms with van der Waals surface area (Å²) >= 11 is 2.84. The highest BCUT2D eigenvalue weighted by Gasteiger charge is 2.26. The number of aryl methyl sites for hydroxylation is 1. The van der Waals surface area contributed by atoms with Gasteiger partial charge in [0.25, 0.3) is 5.56 Å². The van der Waals surface area contributed by atoms with Crippen LogP contribution in [-0.4, -0.2) is 39.0 Å². The van der Waals surface area contributed by atoms with E-state index >= 15 is 0 Å². The fourth-order valence-electron chi connectivity index (χ4n) is 3.76. The van der Waals surface area contributed by atoms with Gasteiger partial charge in [0.2, 0.25) is 5.91 Å². The second-order valence-corrected chi connectivity index (χ2v) is 10.5. The molecule has 1 aliphatic heterocycles. The van der Waals surface area contributed by atoms with Crippen molar-refractivity contribution < 1.29 is 14.3 Å². The van der Waals surface area contributed by atoms with Gasteiger partial charge in [-0.2, -0.15) is 0 Å². The van der Waals surface area contributed by atoms with E-state index in [1.165, 1.54) is 11.8 Å². The Morgan fingerprint density at radius 1 is 1.17 bits per heavy atom. The molecule has 0 unspecified atom stereocenters. The summed E-state index contributed by atoms with van der Waals surface area (Å²) in [5, 5.41) is 3.71. The van der Waals surface area contributed by atoms with Crippen molar-refractivity contribution in [2.75, 3.05) is 17.7 Å². The van der Waals surface area contributed by atoms with Crippen LogP contribution >= 0.6 is 23.5 Å². The minimum absolute atomic E-state index is 0.0299. The molecule has 35 heavy (non-hydrogen) atoms. The molecule has 0 radical (unpaired) electrons. The van der Waals surface area contributed by atoms with Crippen molar-refractivity contribution in [2.24, 2.45) is 0 Å². The van der Waals surface area contributed by atoms with Gasteiger partial charge in [0, 0.05) is 23.9 Å². The van der Waals surface area contributed by atoms with Gasteiger partial charge >= 0.3 is 5.97 Å². The molecule has 1 N–H and O–H groups in total. The van der Waals surface area contributed by atoms with E-state index in [-0.39, 0.29) is 17.2 Å². The molecule has 1 amide bonds. The van der Waals surface area contributed by atoms with Crippen LogP contribution in [0.1, 0.15) is 35.5 Å². The van der Waals surface area contributed by atoms with Crippen LogP contribution in [0.4, 0.5) is 5.69 Å². The second-order valence-electron chi connectivity index (χ2n) is 8.13. The Kier molecular flexibility index (Phi) is 8.30. The van der Waals surface area contributed by atoms with E-state index in [1.807, 2.05) is 30.3 Å². The fraction of sp³-hybridized carbons (Fsp3) is 0.308. The minimum atomic E-state index is -0.399. The molecule has 182 valence electrons. The Morgan fingerprint density at radius 3 is 2.63 bits per heavy atom. The van der Waals surface area contributed by atoms with Crippen molar-refractivity contribution in [2.45, 2.75) is 48.5 Å². The van der Waals surface area contributed by atoms with Crippen molar-refractivity contribution in [3.8, 4) is 0 Å². The van der Waals surface area contributed by atoms with Gasteiger partial charge in [-0.15, -0.1) is 11.8 Å². The number of rotatable bonds is 9. The first kappa shape index (κ1) is 25.1. The number of aromatic nitrogens is 2. The third-order valence-corrected chi connectivity index (χ3v) is 7.63. The van der Waals surface area contributed by atoms with E-state index in [2.05, 4.69) is 12.2 Å². The highest BCUT2D eigenvalue weighted by molar-refractivity contribution is 8.00. The Balaban J connectivity index is 1.45. The average molecular weight is 510 g/mol. The normalized spacial score (nSPS) is 14.4. The lowest BCUT2D eigenvalue weighted by molar-refractivity contribution is -0.113. The molecule has 7 nitrogen and oxygen atoms in total. The third kappa shape index (κ3) is 6.35. The number of carbonyl (C=O) groups is 2. The van der Waals surface area contributed by atoms with Crippen LogP contribution in [0.2, 0.25) is 0 Å². The zero-order valence-corrected chi connectivity index (χ0v) is 21.3. The van der Waals surface area contributed by atoms with Gasteiger partial charge in [-0.05, 0) is 43.2 Å². The van der Waals surface area contributed by atoms with E-state index in [9.17, 15) is 14.4 Å². The molecular weight excluding hydrogens is 482 g/mol. The molecule has 4 rings (SSSR count). The molecule has 0 saturated heterocycles. The van der Waals surface area contributed by atoms with Crippen LogP contribution < -0.4 is 10.9 Å². The first-order valence-corrected chi connectivity index (χ1v) is 13.3. The summed E-state index contributed by atoms with van der Waals surface area (Å²) < 4.78 is 6.68. The number of nitrogens with one attached hydrogen (secondary N) is 1. The number of fused-ring (bicyclic) bond motifs is 1. The number of thioether (sulfide) groups is 2. The predicted molar refractivity (Wildman–Crippen MR) is 139 cm³/mol. The number of carbonyl (C=O) groups excluding carboxylic acids is 2. The first-order chi connectivity index (χ1) is 16.9. The summed E-state index contributed by atoms with van der Waals surface area (Å²) in [4.78, 5) is 43.2. The quantitative estimate of drug-likeness (QED) is 0.259. The number of hydrogen-bond donors (Lipinski definition) is 1. The molecule has 0 spiro atoms. The van der Waals surface area contributed by atoms with E-state index in [0.29, 0.717) is 41.2 Å². The molecule has 1 aliphatic rings. The van der Waals surface area contributed by atoms with Gasteiger partial charge in [-0.25, -0.2) is 9.78 Å². The molecule has 0 saturated carbocycles. The van der Waals surface area contributed by atoms with Crippen LogP contribution in [0.15, 0.2) is 69.4 Å². The summed E-state index contributed by atoms with van der Waals surface area (Å²) in [7, 11) is 0. The van der Waals surface area contributed by atoms with Crippen molar-refractivity contribution in [1.29, 1.82) is 0 Å². The SMILES string of the molecule is CCOC(=O)c1ccc(NC(=O)CSc2nc3c(c(=O)n2CCc2ccccc2)S[C@H](C)C3)cc1. The van der Waals surface area contributed by atoms with Crippen LogP contribution in [0.5, 0.6) is 0 Å². The molecule has 0 aliphatic carbocycles. The molecule has 0 bridgehead atoms. The van der Waals surface area contributed by atoms with Crippen LogP contribution in [-0.2, 0) is 28.9 Å². The topological polar surface area (TPSA) is 90.3 Å². The summed E-state index contributed by atoms with van der Waals surface area (Å²) in [5.74, 6) is -0.505. The molecule has 1 atom stereocenters. The number of hydrogen-bond acceptors (Lipinski definition) is 7. The lowest BCUT2D eigenvalue weighted by atomic mass is 10.1. The second kappa shape index (κ2) is 11.6. The number of esters is 1. The Labute approximate surface area is 212 Å². The van der Waals surface area contributed by atoms with Crippen LogP contribution in [0.25, 0.3) is 0 Å². The maximum absolute atomic E-state index is 13.3. The maximum atomic E-state index is 13.3. The molecular formula is C26H27N3O4S2. The minimum Gasteiger partial charge on any atom is -0.462 e. The Hall–Kier alpha value is -3.04. The first-order valence-electron chi connectivity index (χ1n) is 11.5. The molecule has 2 heterocycles. The van der Waals surface area contributed by atoms with Crippen LogP contribution in [0, 0.1) is 0 Å². The zero-order chi connectivity index (χ0) is 24.8. The van der Waals surface area contributed by atoms with Crippen molar-refractivity contribution in [3.05, 3.63) is 81.8 Å². The molecule has 2 aromatic carbocycles. The number of ether oxygens (including phenoxy) is 1. The highest BCUT2D eigenvalue weighted by Crippen LogP contribution is 2.34. The summed E-state index contributed by atoms with van der Waals surface area (Å²) in [6, 6.07) is 16.6. The van der Waals surface area contributed by atoms with Gasteiger partial charge in [-0.1, -0.05) is 49.0 Å².